The van der Waals surface area contributed by atoms with E-state index in [1.165, 1.54) is 75.1 Å². The van der Waals surface area contributed by atoms with E-state index in [1.807, 2.05) is 0 Å². The number of hydrogen-bond acceptors (Lipinski definition) is 3. The molecule has 35 heavy (non-hydrogen) atoms. The maximum atomic E-state index is 2.69. The third-order valence-corrected chi connectivity index (χ3v) is 8.65. The molecule has 1 heterocycles. The second-order valence-corrected chi connectivity index (χ2v) is 12.2. The number of rotatable bonds is 8. The molecule has 2 aromatic rings. The second kappa shape index (κ2) is 11.8. The van der Waals surface area contributed by atoms with Crippen LogP contribution >= 0.6 is 0 Å². The highest BCUT2D eigenvalue weighted by Gasteiger charge is 2.32. The molecule has 2 fully saturated rings. The molecular weight excluding hydrogens is 426 g/mol. The average Bonchev–Trinajstić information content (AvgIpc) is 2.87. The predicted molar refractivity (Wildman–Crippen MR) is 153 cm³/mol. The first-order valence-electron chi connectivity index (χ1n) is 14.2. The van der Waals surface area contributed by atoms with E-state index in [9.17, 15) is 0 Å². The highest BCUT2D eigenvalue weighted by atomic mass is 15.3. The van der Waals surface area contributed by atoms with Crippen LogP contribution in [0.25, 0.3) is 0 Å². The van der Waals surface area contributed by atoms with E-state index in [1.54, 1.807) is 5.56 Å². The Hall–Kier alpha value is -2.00. The van der Waals surface area contributed by atoms with E-state index in [0.717, 1.165) is 25.6 Å². The molecule has 0 radical (unpaired) electrons. The van der Waals surface area contributed by atoms with Gasteiger partial charge in [-0.1, -0.05) is 64.4 Å². The second-order valence-electron chi connectivity index (χ2n) is 12.2. The molecule has 1 saturated heterocycles. The molecule has 0 atom stereocenters. The van der Waals surface area contributed by atoms with Crippen LogP contribution < -0.4 is 9.80 Å². The highest BCUT2D eigenvalue weighted by Crippen LogP contribution is 2.46. The minimum absolute atomic E-state index is 0.431. The lowest BCUT2D eigenvalue weighted by atomic mass is 9.68. The summed E-state index contributed by atoms with van der Waals surface area (Å²) in [5.41, 5.74) is 6.27. The summed E-state index contributed by atoms with van der Waals surface area (Å²) in [5.74, 6) is 1.54. The number of piperazine rings is 1. The summed E-state index contributed by atoms with van der Waals surface area (Å²) in [5, 5.41) is 0. The van der Waals surface area contributed by atoms with Crippen LogP contribution in [0.1, 0.15) is 83.3 Å². The lowest BCUT2D eigenvalue weighted by Crippen LogP contribution is -2.47. The molecular formula is C32H49N3. The van der Waals surface area contributed by atoms with Crippen molar-refractivity contribution in [2.45, 2.75) is 78.7 Å². The summed E-state index contributed by atoms with van der Waals surface area (Å²) in [7, 11) is 2.24. The van der Waals surface area contributed by atoms with E-state index < -0.39 is 0 Å². The molecule has 3 nitrogen and oxygen atoms in total. The molecule has 0 amide bonds. The largest absolute Gasteiger partial charge is 0.370 e. The third kappa shape index (κ3) is 6.82. The van der Waals surface area contributed by atoms with E-state index in [-0.39, 0.29) is 0 Å². The van der Waals surface area contributed by atoms with E-state index in [4.69, 9.17) is 0 Å². The normalized spacial score (nSPS) is 21.8. The summed E-state index contributed by atoms with van der Waals surface area (Å²) >= 11 is 0. The zero-order valence-corrected chi connectivity index (χ0v) is 23.1. The quantitative estimate of drug-likeness (QED) is 0.390. The van der Waals surface area contributed by atoms with Crippen LogP contribution in [0.5, 0.6) is 0 Å². The maximum absolute atomic E-state index is 2.69. The summed E-state index contributed by atoms with van der Waals surface area (Å²) in [6, 6.07) is 18.2. The molecule has 1 aliphatic carbocycles. The van der Waals surface area contributed by atoms with Gasteiger partial charge >= 0.3 is 0 Å². The van der Waals surface area contributed by atoms with Crippen LogP contribution in [0.4, 0.5) is 11.4 Å². The molecule has 2 aliphatic rings. The Kier molecular flexibility index (Phi) is 8.81. The van der Waals surface area contributed by atoms with Gasteiger partial charge < -0.3 is 9.80 Å². The Labute approximate surface area is 215 Å². The van der Waals surface area contributed by atoms with Crippen LogP contribution in [0.15, 0.2) is 48.5 Å². The number of anilines is 2. The van der Waals surface area contributed by atoms with E-state index in [0.29, 0.717) is 11.3 Å². The number of benzene rings is 2. The predicted octanol–water partition coefficient (Wildman–Crippen LogP) is 7.57. The SMILES string of the molecule is CCCCN1CCN(c2ccc(N(C)Cc3ccccc3)cc2C2CCC(C(C)(C)C)CC2)CC1. The van der Waals surface area contributed by atoms with Gasteiger partial charge in [0, 0.05) is 51.1 Å². The fraction of sp³-hybridized carbons (Fsp3) is 0.625. The van der Waals surface area contributed by atoms with E-state index >= 15 is 0 Å². The van der Waals surface area contributed by atoms with Crippen LogP contribution in [-0.4, -0.2) is 44.7 Å². The van der Waals surface area contributed by atoms with Gasteiger partial charge in [0.15, 0.2) is 0 Å². The smallest absolute Gasteiger partial charge is 0.0426 e. The van der Waals surface area contributed by atoms with Crippen molar-refractivity contribution in [2.75, 3.05) is 49.6 Å². The zero-order valence-electron chi connectivity index (χ0n) is 23.1. The molecule has 3 heteroatoms. The van der Waals surface area contributed by atoms with Crippen LogP contribution in [0, 0.1) is 11.3 Å². The first-order valence-corrected chi connectivity index (χ1v) is 14.2. The summed E-state index contributed by atoms with van der Waals surface area (Å²) in [6.07, 6.45) is 8.00. The third-order valence-electron chi connectivity index (χ3n) is 8.65. The Bertz CT molecular complexity index is 900. The Morgan fingerprint density at radius 1 is 0.886 bits per heavy atom. The topological polar surface area (TPSA) is 9.72 Å². The number of nitrogens with zero attached hydrogens (tertiary/aromatic N) is 3. The van der Waals surface area contributed by atoms with Gasteiger partial charge in [0.05, 0.1) is 0 Å². The fourth-order valence-electron chi connectivity index (χ4n) is 6.21. The van der Waals surface area contributed by atoms with Gasteiger partial charge in [-0.05, 0) is 85.2 Å². The molecule has 4 rings (SSSR count). The Morgan fingerprint density at radius 3 is 2.20 bits per heavy atom. The molecule has 0 aromatic heterocycles. The Balaban J connectivity index is 1.54. The highest BCUT2D eigenvalue weighted by molar-refractivity contribution is 5.63. The van der Waals surface area contributed by atoms with Crippen LogP contribution in [0.2, 0.25) is 0 Å². The van der Waals surface area contributed by atoms with Crippen molar-refractivity contribution < 1.29 is 0 Å². The number of unbranched alkanes of at least 4 members (excludes halogenated alkanes) is 1. The van der Waals surface area contributed by atoms with Crippen LogP contribution in [0.3, 0.4) is 0 Å². The molecule has 192 valence electrons. The first-order chi connectivity index (χ1) is 16.8. The van der Waals surface area contributed by atoms with Gasteiger partial charge in [-0.3, -0.25) is 4.90 Å². The molecule has 0 bridgehead atoms. The zero-order chi connectivity index (χ0) is 24.8. The van der Waals surface area contributed by atoms with Gasteiger partial charge in [0.25, 0.3) is 0 Å². The summed E-state index contributed by atoms with van der Waals surface area (Å²) in [6.45, 7) is 16.5. The van der Waals surface area contributed by atoms with E-state index in [2.05, 4.69) is 98.0 Å². The first kappa shape index (κ1) is 26.1. The molecule has 1 aliphatic heterocycles. The lowest BCUT2D eigenvalue weighted by molar-refractivity contribution is 0.169. The monoisotopic (exact) mass is 475 g/mol. The molecule has 0 N–H and O–H groups in total. The number of hydrogen-bond donors (Lipinski definition) is 0. The van der Waals surface area contributed by atoms with Crippen molar-refractivity contribution in [3.63, 3.8) is 0 Å². The van der Waals surface area contributed by atoms with Crippen molar-refractivity contribution in [3.05, 3.63) is 59.7 Å². The van der Waals surface area contributed by atoms with Crippen molar-refractivity contribution in [1.82, 2.24) is 4.90 Å². The van der Waals surface area contributed by atoms with Crippen molar-refractivity contribution in [1.29, 1.82) is 0 Å². The standard InChI is InChI=1S/C32H49N3/c1-6-7-19-34-20-22-35(23-21-34)31-18-17-29(33(5)25-26-11-9-8-10-12-26)24-30(31)27-13-15-28(16-14-27)32(2,3)4/h8-12,17-18,24,27-28H,6-7,13-16,19-23,25H2,1-5H3. The van der Waals surface area contributed by atoms with Gasteiger partial charge in [0.2, 0.25) is 0 Å². The molecule has 0 spiro atoms. The lowest BCUT2D eigenvalue weighted by Gasteiger charge is -2.40. The van der Waals surface area contributed by atoms with Gasteiger partial charge in [-0.2, -0.15) is 0 Å². The average molecular weight is 476 g/mol. The maximum Gasteiger partial charge on any atom is 0.0426 e. The minimum atomic E-state index is 0.431. The summed E-state index contributed by atoms with van der Waals surface area (Å²) in [4.78, 5) is 7.77. The Morgan fingerprint density at radius 2 is 1.57 bits per heavy atom. The fourth-order valence-corrected chi connectivity index (χ4v) is 6.21. The van der Waals surface area contributed by atoms with Gasteiger partial charge in [-0.25, -0.2) is 0 Å². The van der Waals surface area contributed by atoms with Crippen molar-refractivity contribution in [3.8, 4) is 0 Å². The van der Waals surface area contributed by atoms with Gasteiger partial charge in [-0.15, -0.1) is 0 Å². The molecule has 1 saturated carbocycles. The van der Waals surface area contributed by atoms with Gasteiger partial charge in [0.1, 0.15) is 0 Å². The van der Waals surface area contributed by atoms with Crippen molar-refractivity contribution >= 4 is 11.4 Å². The van der Waals surface area contributed by atoms with Crippen molar-refractivity contribution in [2.24, 2.45) is 11.3 Å². The molecule has 0 unspecified atom stereocenters. The minimum Gasteiger partial charge on any atom is -0.370 e. The summed E-state index contributed by atoms with van der Waals surface area (Å²) < 4.78 is 0. The van der Waals surface area contributed by atoms with Crippen LogP contribution in [-0.2, 0) is 6.54 Å². The molecule has 2 aromatic carbocycles.